The van der Waals surface area contributed by atoms with Crippen LogP contribution < -0.4 is 5.32 Å². The van der Waals surface area contributed by atoms with E-state index in [2.05, 4.69) is 19.2 Å². The minimum absolute atomic E-state index is 0.101. The smallest absolute Gasteiger partial charge is 0.127 e. The Morgan fingerprint density at radius 3 is 2.54 bits per heavy atom. The summed E-state index contributed by atoms with van der Waals surface area (Å²) in [5, 5.41) is 3.34. The molecule has 1 nitrogen and oxygen atoms in total. The van der Waals surface area contributed by atoms with Crippen LogP contribution in [0.25, 0.3) is 0 Å². The number of hydrogen-bond acceptors (Lipinski definition) is 1. The van der Waals surface area contributed by atoms with E-state index in [1.807, 2.05) is 12.1 Å². The molecule has 0 amide bonds. The molecule has 1 fully saturated rings. The van der Waals surface area contributed by atoms with Crippen LogP contribution >= 0.6 is 0 Å². The van der Waals surface area contributed by atoms with E-state index in [0.717, 1.165) is 12.0 Å². The molecule has 0 saturated carbocycles. The molecule has 1 aromatic rings. The predicted molar refractivity (Wildman–Crippen MR) is 51.0 cm³/mol. The Morgan fingerprint density at radius 1 is 1.38 bits per heavy atom. The van der Waals surface area contributed by atoms with Gasteiger partial charge in [-0.15, -0.1) is 0 Å². The Morgan fingerprint density at radius 2 is 2.00 bits per heavy atom. The van der Waals surface area contributed by atoms with Gasteiger partial charge in [-0.05, 0) is 26.3 Å². The third kappa shape index (κ3) is 1.59. The standard InChI is InChI=1S/C11H14FN/c1-11(2)7-10(13-11)8-5-3-4-6-9(8)12/h3-6,10,13H,7H2,1-2H3/t10-/m0/s1. The average molecular weight is 179 g/mol. The lowest BCUT2D eigenvalue weighted by Crippen LogP contribution is -2.54. The summed E-state index contributed by atoms with van der Waals surface area (Å²) in [4.78, 5) is 0. The van der Waals surface area contributed by atoms with E-state index in [0.29, 0.717) is 0 Å². The number of halogens is 1. The fraction of sp³-hybridized carbons (Fsp3) is 0.455. The molecule has 0 radical (unpaired) electrons. The van der Waals surface area contributed by atoms with E-state index in [4.69, 9.17) is 0 Å². The summed E-state index contributed by atoms with van der Waals surface area (Å²) in [6.07, 6.45) is 1.01. The third-order valence-corrected chi connectivity index (χ3v) is 2.56. The van der Waals surface area contributed by atoms with Crippen molar-refractivity contribution in [1.82, 2.24) is 5.32 Å². The van der Waals surface area contributed by atoms with Crippen LogP contribution in [0.5, 0.6) is 0 Å². The maximum atomic E-state index is 13.3. The molecule has 1 aliphatic heterocycles. The van der Waals surface area contributed by atoms with Crippen LogP contribution in [0.1, 0.15) is 31.9 Å². The zero-order chi connectivity index (χ0) is 9.47. The van der Waals surface area contributed by atoms with E-state index < -0.39 is 0 Å². The highest BCUT2D eigenvalue weighted by Gasteiger charge is 2.36. The molecule has 0 aliphatic carbocycles. The maximum absolute atomic E-state index is 13.3. The summed E-state index contributed by atoms with van der Waals surface area (Å²) < 4.78 is 13.3. The molecule has 0 bridgehead atoms. The highest BCUT2D eigenvalue weighted by Crippen LogP contribution is 2.35. The van der Waals surface area contributed by atoms with Crippen LogP contribution in [0.2, 0.25) is 0 Å². The largest absolute Gasteiger partial charge is 0.305 e. The zero-order valence-electron chi connectivity index (χ0n) is 7.97. The van der Waals surface area contributed by atoms with Gasteiger partial charge in [-0.25, -0.2) is 4.39 Å². The average Bonchev–Trinajstić information content (AvgIpc) is 2.01. The summed E-state index contributed by atoms with van der Waals surface area (Å²) >= 11 is 0. The molecule has 13 heavy (non-hydrogen) atoms. The number of benzene rings is 1. The Labute approximate surface area is 78.0 Å². The number of hydrogen-bond donors (Lipinski definition) is 1. The van der Waals surface area contributed by atoms with Gasteiger partial charge < -0.3 is 5.32 Å². The molecular formula is C11H14FN. The first-order valence-corrected chi connectivity index (χ1v) is 4.61. The van der Waals surface area contributed by atoms with E-state index in [1.165, 1.54) is 6.07 Å². The second kappa shape index (κ2) is 2.81. The van der Waals surface area contributed by atoms with Crippen LogP contribution in [-0.4, -0.2) is 5.54 Å². The third-order valence-electron chi connectivity index (χ3n) is 2.56. The van der Waals surface area contributed by atoms with Gasteiger partial charge in [0.1, 0.15) is 5.82 Å². The quantitative estimate of drug-likeness (QED) is 0.698. The van der Waals surface area contributed by atoms with Gasteiger partial charge in [0.25, 0.3) is 0 Å². The monoisotopic (exact) mass is 179 g/mol. The maximum Gasteiger partial charge on any atom is 0.127 e. The Kier molecular flexibility index (Phi) is 1.88. The Hall–Kier alpha value is -0.890. The van der Waals surface area contributed by atoms with Gasteiger partial charge in [-0.3, -0.25) is 0 Å². The molecule has 2 rings (SSSR count). The second-order valence-electron chi connectivity index (χ2n) is 4.31. The van der Waals surface area contributed by atoms with Gasteiger partial charge in [0.2, 0.25) is 0 Å². The summed E-state index contributed by atoms with van der Waals surface area (Å²) in [6.45, 7) is 4.26. The van der Waals surface area contributed by atoms with E-state index >= 15 is 0 Å². The topological polar surface area (TPSA) is 12.0 Å². The summed E-state index contributed by atoms with van der Waals surface area (Å²) in [6, 6.07) is 7.18. The summed E-state index contributed by atoms with van der Waals surface area (Å²) in [5.41, 5.74) is 0.967. The first kappa shape index (κ1) is 8.70. The molecule has 1 aliphatic rings. The lowest BCUT2D eigenvalue weighted by Gasteiger charge is -2.44. The first-order valence-electron chi connectivity index (χ1n) is 4.61. The Bertz CT molecular complexity index is 312. The first-order chi connectivity index (χ1) is 6.08. The molecule has 0 unspecified atom stereocenters. The van der Waals surface area contributed by atoms with Gasteiger partial charge in [0.15, 0.2) is 0 Å². The number of rotatable bonds is 1. The van der Waals surface area contributed by atoms with E-state index in [1.54, 1.807) is 6.07 Å². The molecule has 1 atom stereocenters. The molecule has 1 heterocycles. The van der Waals surface area contributed by atoms with E-state index in [9.17, 15) is 4.39 Å². The fourth-order valence-corrected chi connectivity index (χ4v) is 1.91. The minimum Gasteiger partial charge on any atom is -0.305 e. The van der Waals surface area contributed by atoms with Crippen molar-refractivity contribution in [1.29, 1.82) is 0 Å². The zero-order valence-corrected chi connectivity index (χ0v) is 7.97. The normalized spacial score (nSPS) is 25.3. The molecule has 0 aromatic heterocycles. The molecule has 1 N–H and O–H groups in total. The van der Waals surface area contributed by atoms with Crippen molar-refractivity contribution in [2.24, 2.45) is 0 Å². The van der Waals surface area contributed by atoms with Crippen molar-refractivity contribution in [3.8, 4) is 0 Å². The van der Waals surface area contributed by atoms with Crippen molar-refractivity contribution in [2.45, 2.75) is 31.8 Å². The molecule has 70 valence electrons. The Balaban J connectivity index is 2.16. The van der Waals surface area contributed by atoms with Crippen LogP contribution in [0.15, 0.2) is 24.3 Å². The van der Waals surface area contributed by atoms with E-state index in [-0.39, 0.29) is 17.4 Å². The second-order valence-corrected chi connectivity index (χ2v) is 4.31. The van der Waals surface area contributed by atoms with Crippen LogP contribution in [-0.2, 0) is 0 Å². The van der Waals surface area contributed by atoms with Crippen LogP contribution in [0.4, 0.5) is 4.39 Å². The van der Waals surface area contributed by atoms with Crippen molar-refractivity contribution >= 4 is 0 Å². The SMILES string of the molecule is CC1(C)C[C@@H](c2ccccc2F)N1. The highest BCUT2D eigenvalue weighted by molar-refractivity contribution is 5.24. The van der Waals surface area contributed by atoms with Gasteiger partial charge in [-0.2, -0.15) is 0 Å². The summed E-state index contributed by atoms with van der Waals surface area (Å²) in [5.74, 6) is -0.101. The molecular weight excluding hydrogens is 165 g/mol. The molecule has 2 heteroatoms. The number of nitrogens with one attached hydrogen (secondary N) is 1. The van der Waals surface area contributed by atoms with Crippen molar-refractivity contribution < 1.29 is 4.39 Å². The lowest BCUT2D eigenvalue weighted by molar-refractivity contribution is 0.173. The molecule has 0 spiro atoms. The van der Waals surface area contributed by atoms with Gasteiger partial charge in [-0.1, -0.05) is 18.2 Å². The lowest BCUT2D eigenvalue weighted by atomic mass is 9.81. The van der Waals surface area contributed by atoms with Crippen LogP contribution in [0, 0.1) is 5.82 Å². The van der Waals surface area contributed by atoms with Crippen molar-refractivity contribution in [3.63, 3.8) is 0 Å². The molecule has 1 aromatic carbocycles. The van der Waals surface area contributed by atoms with Gasteiger partial charge >= 0.3 is 0 Å². The fourth-order valence-electron chi connectivity index (χ4n) is 1.91. The van der Waals surface area contributed by atoms with Gasteiger partial charge in [0, 0.05) is 17.1 Å². The minimum atomic E-state index is -0.101. The predicted octanol–water partition coefficient (Wildman–Crippen LogP) is 2.64. The molecule has 1 saturated heterocycles. The van der Waals surface area contributed by atoms with Crippen molar-refractivity contribution in [3.05, 3.63) is 35.6 Å². The van der Waals surface area contributed by atoms with Crippen molar-refractivity contribution in [2.75, 3.05) is 0 Å². The highest BCUT2D eigenvalue weighted by atomic mass is 19.1. The summed E-state index contributed by atoms with van der Waals surface area (Å²) in [7, 11) is 0. The van der Waals surface area contributed by atoms with Crippen LogP contribution in [0.3, 0.4) is 0 Å². The van der Waals surface area contributed by atoms with Gasteiger partial charge in [0.05, 0.1) is 0 Å².